The van der Waals surface area contributed by atoms with Crippen molar-refractivity contribution >= 4 is 33.3 Å². The number of hydrogen-bond acceptors (Lipinski definition) is 2. The first-order chi connectivity index (χ1) is 8.36. The standard InChI is InChI=1S/C14H13BrOS/c15-13-8-10-17-14(13)11-16-9-4-7-12-5-2-1-3-6-12/h1-8,10H,9,11H2. The number of halogens is 1. The molecule has 0 aliphatic rings. The van der Waals surface area contributed by atoms with Crippen LogP contribution in [0.25, 0.3) is 6.08 Å². The Balaban J connectivity index is 1.74. The molecule has 1 aromatic carbocycles. The molecule has 0 aliphatic heterocycles. The van der Waals surface area contributed by atoms with Gasteiger partial charge in [0, 0.05) is 9.35 Å². The van der Waals surface area contributed by atoms with Gasteiger partial charge >= 0.3 is 0 Å². The summed E-state index contributed by atoms with van der Waals surface area (Å²) in [7, 11) is 0. The summed E-state index contributed by atoms with van der Waals surface area (Å²) in [5, 5.41) is 2.06. The molecular weight excluding hydrogens is 296 g/mol. The molecule has 0 N–H and O–H groups in total. The zero-order valence-electron chi connectivity index (χ0n) is 9.30. The molecule has 1 heterocycles. The van der Waals surface area contributed by atoms with Crippen molar-refractivity contribution in [3.05, 3.63) is 62.8 Å². The molecule has 0 aliphatic carbocycles. The van der Waals surface area contributed by atoms with E-state index >= 15 is 0 Å². The highest BCUT2D eigenvalue weighted by Crippen LogP contribution is 2.23. The van der Waals surface area contributed by atoms with E-state index < -0.39 is 0 Å². The lowest BCUT2D eigenvalue weighted by molar-refractivity contribution is 0.151. The smallest absolute Gasteiger partial charge is 0.0825 e. The van der Waals surface area contributed by atoms with Crippen LogP contribution in [-0.2, 0) is 11.3 Å². The first kappa shape index (κ1) is 12.6. The van der Waals surface area contributed by atoms with Crippen LogP contribution >= 0.6 is 27.3 Å². The van der Waals surface area contributed by atoms with Gasteiger partial charge in [-0.15, -0.1) is 11.3 Å². The molecule has 0 unspecified atom stereocenters. The van der Waals surface area contributed by atoms with E-state index in [9.17, 15) is 0 Å². The second kappa shape index (κ2) is 6.74. The van der Waals surface area contributed by atoms with Crippen molar-refractivity contribution < 1.29 is 4.74 Å². The summed E-state index contributed by atoms with van der Waals surface area (Å²) in [6.45, 7) is 1.30. The average molecular weight is 309 g/mol. The quantitative estimate of drug-likeness (QED) is 0.725. The molecule has 1 aromatic heterocycles. The van der Waals surface area contributed by atoms with Gasteiger partial charge in [-0.1, -0.05) is 42.5 Å². The number of thiophene rings is 1. The molecule has 0 bridgehead atoms. The average Bonchev–Trinajstić information content (AvgIpc) is 2.76. The summed E-state index contributed by atoms with van der Waals surface area (Å²) in [5.74, 6) is 0. The molecule has 0 radical (unpaired) electrons. The van der Waals surface area contributed by atoms with Crippen molar-refractivity contribution in [1.82, 2.24) is 0 Å². The van der Waals surface area contributed by atoms with Crippen LogP contribution in [0.5, 0.6) is 0 Å². The summed E-state index contributed by atoms with van der Waals surface area (Å²) in [5.41, 5.74) is 1.20. The van der Waals surface area contributed by atoms with Gasteiger partial charge in [0.1, 0.15) is 0 Å². The number of hydrogen-bond donors (Lipinski definition) is 0. The van der Waals surface area contributed by atoms with Gasteiger partial charge in [0.2, 0.25) is 0 Å². The topological polar surface area (TPSA) is 9.23 Å². The van der Waals surface area contributed by atoms with Gasteiger partial charge < -0.3 is 4.74 Å². The van der Waals surface area contributed by atoms with Crippen molar-refractivity contribution in [2.75, 3.05) is 6.61 Å². The van der Waals surface area contributed by atoms with E-state index in [4.69, 9.17) is 4.74 Å². The Morgan fingerprint density at radius 1 is 1.18 bits per heavy atom. The second-order valence-corrected chi connectivity index (χ2v) is 5.37. The second-order valence-electron chi connectivity index (χ2n) is 3.52. The highest BCUT2D eigenvalue weighted by molar-refractivity contribution is 9.10. The van der Waals surface area contributed by atoms with Crippen molar-refractivity contribution in [1.29, 1.82) is 0 Å². The molecule has 88 valence electrons. The van der Waals surface area contributed by atoms with Crippen molar-refractivity contribution in [3.63, 3.8) is 0 Å². The number of rotatable bonds is 5. The molecule has 0 saturated heterocycles. The van der Waals surface area contributed by atoms with Gasteiger partial charge in [-0.05, 0) is 32.9 Å². The van der Waals surface area contributed by atoms with Gasteiger partial charge in [0.15, 0.2) is 0 Å². The van der Waals surface area contributed by atoms with Crippen molar-refractivity contribution in [3.8, 4) is 0 Å². The van der Waals surface area contributed by atoms with Gasteiger partial charge in [0.05, 0.1) is 13.2 Å². The van der Waals surface area contributed by atoms with Crippen molar-refractivity contribution in [2.45, 2.75) is 6.61 Å². The summed E-state index contributed by atoms with van der Waals surface area (Å²) in [4.78, 5) is 1.23. The van der Waals surface area contributed by atoms with Crippen LogP contribution in [0.3, 0.4) is 0 Å². The molecule has 2 aromatic rings. The Hall–Kier alpha value is -0.900. The highest BCUT2D eigenvalue weighted by Gasteiger charge is 1.99. The zero-order valence-corrected chi connectivity index (χ0v) is 11.7. The summed E-state index contributed by atoms with van der Waals surface area (Å²) in [6, 6.07) is 12.3. The monoisotopic (exact) mass is 308 g/mol. The fourth-order valence-electron chi connectivity index (χ4n) is 1.40. The molecule has 0 spiro atoms. The molecule has 0 atom stereocenters. The summed E-state index contributed by atoms with van der Waals surface area (Å²) in [6.07, 6.45) is 4.11. The van der Waals surface area contributed by atoms with Crippen LogP contribution in [0.15, 0.2) is 52.3 Å². The fourth-order valence-corrected chi connectivity index (χ4v) is 2.80. The minimum Gasteiger partial charge on any atom is -0.372 e. The van der Waals surface area contributed by atoms with Crippen LogP contribution in [0.1, 0.15) is 10.4 Å². The SMILES string of the molecule is Brc1ccsc1COCC=Cc1ccccc1. The van der Waals surface area contributed by atoms with E-state index in [1.54, 1.807) is 11.3 Å². The van der Waals surface area contributed by atoms with E-state index in [1.807, 2.05) is 30.3 Å². The van der Waals surface area contributed by atoms with Gasteiger partial charge in [-0.2, -0.15) is 0 Å². The lowest BCUT2D eigenvalue weighted by Gasteiger charge is -1.99. The lowest BCUT2D eigenvalue weighted by Crippen LogP contribution is -1.90. The largest absolute Gasteiger partial charge is 0.372 e. The maximum atomic E-state index is 5.57. The van der Waals surface area contributed by atoms with Gasteiger partial charge in [-0.3, -0.25) is 0 Å². The zero-order chi connectivity index (χ0) is 11.9. The third-order valence-corrected chi connectivity index (χ3v) is 4.15. The fraction of sp³-hybridized carbons (Fsp3) is 0.143. The molecule has 17 heavy (non-hydrogen) atoms. The third kappa shape index (κ3) is 4.11. The van der Waals surface area contributed by atoms with E-state index in [-0.39, 0.29) is 0 Å². The Labute approximate surface area is 114 Å². The Bertz CT molecular complexity index is 476. The van der Waals surface area contributed by atoms with Gasteiger partial charge in [-0.25, -0.2) is 0 Å². The first-order valence-corrected chi connectivity index (χ1v) is 7.05. The minimum absolute atomic E-state index is 0.638. The lowest BCUT2D eigenvalue weighted by atomic mass is 10.2. The molecule has 1 nitrogen and oxygen atoms in total. The normalized spacial score (nSPS) is 11.1. The minimum atomic E-state index is 0.638. The van der Waals surface area contributed by atoms with Gasteiger partial charge in [0.25, 0.3) is 0 Å². The Morgan fingerprint density at radius 2 is 2.00 bits per heavy atom. The van der Waals surface area contributed by atoms with Crippen LogP contribution in [-0.4, -0.2) is 6.61 Å². The highest BCUT2D eigenvalue weighted by atomic mass is 79.9. The summed E-state index contributed by atoms with van der Waals surface area (Å²) >= 11 is 5.19. The molecule has 3 heteroatoms. The Morgan fingerprint density at radius 3 is 2.71 bits per heavy atom. The summed E-state index contributed by atoms with van der Waals surface area (Å²) < 4.78 is 6.71. The van der Waals surface area contributed by atoms with E-state index in [0.29, 0.717) is 13.2 Å². The van der Waals surface area contributed by atoms with Crippen molar-refractivity contribution in [2.24, 2.45) is 0 Å². The molecule has 0 amide bonds. The Kier molecular flexibility index (Phi) is 4.98. The van der Waals surface area contributed by atoms with Crippen LogP contribution in [0.4, 0.5) is 0 Å². The van der Waals surface area contributed by atoms with Crippen LogP contribution < -0.4 is 0 Å². The number of ether oxygens (including phenoxy) is 1. The van der Waals surface area contributed by atoms with E-state index in [1.165, 1.54) is 10.4 Å². The predicted molar refractivity (Wildman–Crippen MR) is 77.2 cm³/mol. The predicted octanol–water partition coefficient (Wildman–Crippen LogP) is 4.74. The first-order valence-electron chi connectivity index (χ1n) is 5.37. The maximum Gasteiger partial charge on any atom is 0.0825 e. The molecule has 2 rings (SSSR count). The molecule has 0 fully saturated rings. The van der Waals surface area contributed by atoms with E-state index in [0.717, 1.165) is 4.47 Å². The molecular formula is C14H13BrOS. The third-order valence-electron chi connectivity index (χ3n) is 2.25. The molecule has 0 saturated carbocycles. The maximum absolute atomic E-state index is 5.57. The van der Waals surface area contributed by atoms with E-state index in [2.05, 4.69) is 39.5 Å². The van der Waals surface area contributed by atoms with Crippen LogP contribution in [0, 0.1) is 0 Å². The van der Waals surface area contributed by atoms with Crippen LogP contribution in [0.2, 0.25) is 0 Å². The number of benzene rings is 1.